The molecule has 3 rings (SSSR count). The number of nitrogens with two attached hydrogens (primary N) is 1. The summed E-state index contributed by atoms with van der Waals surface area (Å²) in [6.07, 6.45) is 6.36. The maximum absolute atomic E-state index is 12.3. The molecular formula is C18H21Cl2NO. The smallest absolute Gasteiger partial charge is 0.156 e. The first-order valence-electron chi connectivity index (χ1n) is 7.95. The second kappa shape index (κ2) is 5.99. The summed E-state index contributed by atoms with van der Waals surface area (Å²) in [6.45, 7) is 2.81. The second-order valence-corrected chi connectivity index (χ2v) is 7.27. The van der Waals surface area contributed by atoms with Gasteiger partial charge in [-0.2, -0.15) is 0 Å². The van der Waals surface area contributed by atoms with Crippen LogP contribution in [0.15, 0.2) is 18.2 Å². The normalized spacial score (nSPS) is 26.6. The number of carbonyl (C=O) groups is 1. The SMILES string of the molecule is CCCC12Cc3ccc(Cl)c(Cl)c3C1=CC(=O)CC2CCN. The Balaban J connectivity index is 2.19. The fourth-order valence-electron chi connectivity index (χ4n) is 4.40. The average Bonchev–Trinajstić information content (AvgIpc) is 2.79. The molecule has 2 N–H and O–H groups in total. The number of carbonyl (C=O) groups excluding carboxylic acids is 1. The molecule has 0 radical (unpaired) electrons. The van der Waals surface area contributed by atoms with E-state index in [4.69, 9.17) is 28.9 Å². The Bertz CT molecular complexity index is 653. The van der Waals surface area contributed by atoms with Crippen molar-refractivity contribution in [2.24, 2.45) is 17.1 Å². The molecule has 0 spiro atoms. The Morgan fingerprint density at radius 3 is 2.82 bits per heavy atom. The number of allylic oxidation sites excluding steroid dienone is 2. The van der Waals surface area contributed by atoms with E-state index in [2.05, 4.69) is 13.0 Å². The summed E-state index contributed by atoms with van der Waals surface area (Å²) in [5.41, 5.74) is 9.14. The van der Waals surface area contributed by atoms with Gasteiger partial charge < -0.3 is 5.73 Å². The quantitative estimate of drug-likeness (QED) is 0.868. The van der Waals surface area contributed by atoms with E-state index in [1.165, 1.54) is 5.56 Å². The van der Waals surface area contributed by atoms with E-state index in [1.54, 1.807) is 0 Å². The monoisotopic (exact) mass is 337 g/mol. The van der Waals surface area contributed by atoms with Gasteiger partial charge in [0.2, 0.25) is 0 Å². The Morgan fingerprint density at radius 1 is 1.36 bits per heavy atom. The minimum atomic E-state index is -0.00130. The van der Waals surface area contributed by atoms with Crippen LogP contribution in [0.2, 0.25) is 10.0 Å². The molecule has 2 atom stereocenters. The van der Waals surface area contributed by atoms with Crippen LogP contribution in [0.4, 0.5) is 0 Å². The van der Waals surface area contributed by atoms with Gasteiger partial charge in [0.05, 0.1) is 10.0 Å². The van der Waals surface area contributed by atoms with Crippen LogP contribution in [0.1, 0.15) is 43.7 Å². The van der Waals surface area contributed by atoms with Crippen LogP contribution in [0.5, 0.6) is 0 Å². The number of ketones is 1. The molecule has 2 aliphatic rings. The molecule has 0 heterocycles. The predicted molar refractivity (Wildman–Crippen MR) is 92.3 cm³/mol. The number of benzene rings is 1. The van der Waals surface area contributed by atoms with Gasteiger partial charge in [0.15, 0.2) is 5.78 Å². The van der Waals surface area contributed by atoms with E-state index < -0.39 is 0 Å². The highest BCUT2D eigenvalue weighted by molar-refractivity contribution is 6.43. The lowest BCUT2D eigenvalue weighted by atomic mass is 9.62. The Morgan fingerprint density at radius 2 is 2.14 bits per heavy atom. The Kier molecular flexibility index (Phi) is 4.37. The van der Waals surface area contributed by atoms with Crippen LogP contribution in [-0.2, 0) is 11.2 Å². The molecule has 2 nitrogen and oxygen atoms in total. The van der Waals surface area contributed by atoms with Gasteiger partial charge >= 0.3 is 0 Å². The highest BCUT2D eigenvalue weighted by atomic mass is 35.5. The molecule has 118 valence electrons. The van der Waals surface area contributed by atoms with Gasteiger partial charge in [-0.1, -0.05) is 42.6 Å². The van der Waals surface area contributed by atoms with Crippen LogP contribution in [0.3, 0.4) is 0 Å². The van der Waals surface area contributed by atoms with Gasteiger partial charge in [-0.3, -0.25) is 4.79 Å². The summed E-state index contributed by atoms with van der Waals surface area (Å²) < 4.78 is 0. The van der Waals surface area contributed by atoms with E-state index in [-0.39, 0.29) is 11.2 Å². The molecule has 0 aromatic heterocycles. The molecule has 22 heavy (non-hydrogen) atoms. The van der Waals surface area contributed by atoms with Crippen molar-refractivity contribution in [1.29, 1.82) is 0 Å². The third-order valence-electron chi connectivity index (χ3n) is 5.24. The third-order valence-corrected chi connectivity index (χ3v) is 6.04. The lowest BCUT2D eigenvalue weighted by molar-refractivity contribution is -0.116. The number of hydrogen-bond donors (Lipinski definition) is 1. The highest BCUT2D eigenvalue weighted by Gasteiger charge is 2.50. The molecule has 0 saturated heterocycles. The van der Waals surface area contributed by atoms with Gasteiger partial charge in [-0.25, -0.2) is 0 Å². The average molecular weight is 338 g/mol. The summed E-state index contributed by atoms with van der Waals surface area (Å²) in [7, 11) is 0. The Hall–Kier alpha value is -0.830. The molecule has 1 aromatic rings. The zero-order valence-electron chi connectivity index (χ0n) is 12.8. The van der Waals surface area contributed by atoms with Crippen molar-refractivity contribution in [2.75, 3.05) is 6.54 Å². The van der Waals surface area contributed by atoms with Gasteiger partial charge in [0.25, 0.3) is 0 Å². The third kappa shape index (κ3) is 2.33. The van der Waals surface area contributed by atoms with Crippen molar-refractivity contribution >= 4 is 34.6 Å². The molecule has 0 aliphatic heterocycles. The summed E-state index contributed by atoms with van der Waals surface area (Å²) in [4.78, 5) is 12.3. The number of hydrogen-bond acceptors (Lipinski definition) is 2. The van der Waals surface area contributed by atoms with Crippen LogP contribution < -0.4 is 5.73 Å². The van der Waals surface area contributed by atoms with Gasteiger partial charge in [0.1, 0.15) is 0 Å². The van der Waals surface area contributed by atoms with Crippen molar-refractivity contribution in [3.63, 3.8) is 0 Å². The van der Waals surface area contributed by atoms with Crippen LogP contribution in [0, 0.1) is 11.3 Å². The van der Waals surface area contributed by atoms with E-state index in [9.17, 15) is 4.79 Å². The summed E-state index contributed by atoms with van der Waals surface area (Å²) in [5.74, 6) is 0.483. The second-order valence-electron chi connectivity index (χ2n) is 6.48. The first-order valence-corrected chi connectivity index (χ1v) is 8.71. The van der Waals surface area contributed by atoms with Gasteiger partial charge in [0, 0.05) is 17.4 Å². The maximum Gasteiger partial charge on any atom is 0.156 e. The minimum absolute atomic E-state index is 0.00130. The molecular weight excluding hydrogens is 317 g/mol. The van der Waals surface area contributed by atoms with E-state index in [0.717, 1.165) is 36.8 Å². The summed E-state index contributed by atoms with van der Waals surface area (Å²) in [5, 5.41) is 1.15. The first-order chi connectivity index (χ1) is 10.5. The molecule has 1 aromatic carbocycles. The van der Waals surface area contributed by atoms with E-state index in [0.29, 0.717) is 28.9 Å². The fraction of sp³-hybridized carbons (Fsp3) is 0.500. The van der Waals surface area contributed by atoms with E-state index >= 15 is 0 Å². The zero-order valence-corrected chi connectivity index (χ0v) is 14.3. The molecule has 0 bridgehead atoms. The zero-order chi connectivity index (χ0) is 15.9. The molecule has 0 saturated carbocycles. The lowest BCUT2D eigenvalue weighted by Crippen LogP contribution is -2.37. The standard InChI is InChI=1S/C18H21Cl2NO/c1-2-6-18-10-11-3-4-15(19)17(20)16(11)14(18)9-13(22)8-12(18)5-7-21/h3-4,9,12H,2,5-8,10,21H2,1H3. The van der Waals surface area contributed by atoms with Crippen LogP contribution in [-0.4, -0.2) is 12.3 Å². The highest BCUT2D eigenvalue weighted by Crippen LogP contribution is 2.59. The largest absolute Gasteiger partial charge is 0.330 e. The van der Waals surface area contributed by atoms with Crippen LogP contribution in [0.25, 0.3) is 5.57 Å². The molecule has 2 unspecified atom stereocenters. The summed E-state index contributed by atoms with van der Waals surface area (Å²) >= 11 is 12.7. The minimum Gasteiger partial charge on any atom is -0.330 e. The van der Waals surface area contributed by atoms with Gasteiger partial charge in [-0.15, -0.1) is 0 Å². The first kappa shape index (κ1) is 16.0. The van der Waals surface area contributed by atoms with Gasteiger partial charge in [-0.05, 0) is 55.0 Å². The Labute approximate surface area is 141 Å². The summed E-state index contributed by atoms with van der Waals surface area (Å²) in [6, 6.07) is 3.92. The predicted octanol–water partition coefficient (Wildman–Crippen LogP) is 4.66. The molecule has 2 aliphatic carbocycles. The molecule has 4 heteroatoms. The fourth-order valence-corrected chi connectivity index (χ4v) is 4.85. The number of fused-ring (bicyclic) bond motifs is 3. The van der Waals surface area contributed by atoms with Crippen LogP contribution >= 0.6 is 23.2 Å². The van der Waals surface area contributed by atoms with Crippen molar-refractivity contribution in [3.05, 3.63) is 39.4 Å². The number of rotatable bonds is 4. The molecule has 0 fully saturated rings. The number of halogens is 2. The lowest BCUT2D eigenvalue weighted by Gasteiger charge is -2.41. The van der Waals surface area contributed by atoms with Crippen molar-refractivity contribution < 1.29 is 4.79 Å². The van der Waals surface area contributed by atoms with Crippen molar-refractivity contribution in [1.82, 2.24) is 0 Å². The maximum atomic E-state index is 12.3. The molecule has 0 amide bonds. The van der Waals surface area contributed by atoms with E-state index in [1.807, 2.05) is 12.1 Å². The topological polar surface area (TPSA) is 43.1 Å². The van der Waals surface area contributed by atoms with Crippen molar-refractivity contribution in [3.8, 4) is 0 Å². The van der Waals surface area contributed by atoms with Crippen molar-refractivity contribution in [2.45, 2.75) is 39.0 Å².